The average Bonchev–Trinajstić information content (AvgIpc) is 3.15. The Morgan fingerprint density at radius 2 is 1.71 bits per heavy atom. The normalized spacial score (nSPS) is 21.1. The van der Waals surface area contributed by atoms with Crippen molar-refractivity contribution in [3.63, 3.8) is 0 Å². The lowest BCUT2D eigenvalue weighted by Crippen LogP contribution is -2.23. The van der Waals surface area contributed by atoms with Crippen molar-refractivity contribution >= 4 is 54.7 Å². The predicted octanol–water partition coefficient (Wildman–Crippen LogP) is 8.07. The monoisotopic (exact) mass is 636 g/mol. The van der Waals surface area contributed by atoms with Crippen molar-refractivity contribution in [2.45, 2.75) is 91.0 Å². The van der Waals surface area contributed by atoms with Gasteiger partial charge in [0, 0.05) is 45.1 Å². The van der Waals surface area contributed by atoms with Crippen molar-refractivity contribution < 1.29 is 9.47 Å². The van der Waals surface area contributed by atoms with Crippen LogP contribution in [0.1, 0.15) is 24.6 Å². The molecule has 2 aliphatic rings. The highest BCUT2D eigenvalue weighted by atomic mass is 79.9. The molecule has 0 bridgehead atoms. The second-order valence-electron chi connectivity index (χ2n) is 14.0. The van der Waals surface area contributed by atoms with Crippen LogP contribution in [0.2, 0.25) is 56.4 Å². The first-order chi connectivity index (χ1) is 17.7. The lowest BCUT2D eigenvalue weighted by molar-refractivity contribution is 0.0756. The Balaban J connectivity index is 1.52. The van der Waals surface area contributed by atoms with Gasteiger partial charge in [-0.1, -0.05) is 73.7 Å². The molecule has 0 saturated heterocycles. The van der Waals surface area contributed by atoms with Gasteiger partial charge in [0.05, 0.1) is 10.5 Å². The molecule has 5 rings (SSSR count). The van der Waals surface area contributed by atoms with Gasteiger partial charge in [-0.25, -0.2) is 9.67 Å². The summed E-state index contributed by atoms with van der Waals surface area (Å²) in [6.07, 6.45) is 3.39. The van der Waals surface area contributed by atoms with E-state index in [1.807, 2.05) is 6.07 Å². The Hall–Kier alpha value is -0.976. The first kappa shape index (κ1) is 28.5. The van der Waals surface area contributed by atoms with Crippen molar-refractivity contribution in [3.8, 4) is 11.5 Å². The molecule has 2 atom stereocenters. The molecule has 2 aromatic heterocycles. The maximum absolute atomic E-state index is 6.69. The molecule has 0 radical (unpaired) electrons. The highest BCUT2D eigenvalue weighted by Gasteiger charge is 2.54. The Labute approximate surface area is 242 Å². The molecular formula is C28H42BrClN4O2Si2. The molecule has 2 heterocycles. The maximum Gasteiger partial charge on any atom is 0.163 e. The SMILES string of the molecule is C[C@@]12Cc3c(c(-c4nc5c(Cl)cc(Br)cc5n4COCC[Si](C)(C)C)nn3COCC[Si](C)(C)C)C[C@@H]1C2. The first-order valence-electron chi connectivity index (χ1n) is 13.8. The Morgan fingerprint density at radius 3 is 2.37 bits per heavy atom. The zero-order chi connectivity index (χ0) is 27.5. The Morgan fingerprint density at radius 1 is 1.05 bits per heavy atom. The molecule has 208 valence electrons. The van der Waals surface area contributed by atoms with Gasteiger partial charge in [0.1, 0.15) is 24.7 Å². The van der Waals surface area contributed by atoms with Crippen LogP contribution in [0.15, 0.2) is 16.6 Å². The number of benzene rings is 1. The number of hydrogen-bond acceptors (Lipinski definition) is 4. The second-order valence-corrected chi connectivity index (χ2v) is 26.6. The summed E-state index contributed by atoms with van der Waals surface area (Å²) in [5.41, 5.74) is 5.76. The zero-order valence-electron chi connectivity index (χ0n) is 24.0. The van der Waals surface area contributed by atoms with Crippen molar-refractivity contribution in [1.29, 1.82) is 0 Å². The number of hydrogen-bond donors (Lipinski definition) is 0. The predicted molar refractivity (Wildman–Crippen MR) is 165 cm³/mol. The minimum Gasteiger partial charge on any atom is -0.361 e. The second kappa shape index (κ2) is 10.5. The van der Waals surface area contributed by atoms with Crippen LogP contribution in [0, 0.1) is 11.3 Å². The van der Waals surface area contributed by atoms with Crippen molar-refractivity contribution in [2.24, 2.45) is 11.3 Å². The molecule has 0 unspecified atom stereocenters. The van der Waals surface area contributed by atoms with Crippen LogP contribution in [0.25, 0.3) is 22.6 Å². The summed E-state index contributed by atoms with van der Waals surface area (Å²) in [6.45, 7) is 19.2. The van der Waals surface area contributed by atoms with E-state index in [2.05, 4.69) is 77.5 Å². The van der Waals surface area contributed by atoms with E-state index < -0.39 is 16.1 Å². The topological polar surface area (TPSA) is 54.1 Å². The lowest BCUT2D eigenvalue weighted by atomic mass is 9.87. The van der Waals surface area contributed by atoms with E-state index in [1.54, 1.807) is 0 Å². The first-order valence-corrected chi connectivity index (χ1v) is 22.4. The van der Waals surface area contributed by atoms with E-state index in [1.165, 1.54) is 17.7 Å². The fraction of sp³-hybridized carbons (Fsp3) is 0.643. The van der Waals surface area contributed by atoms with E-state index in [4.69, 9.17) is 31.2 Å². The van der Waals surface area contributed by atoms with Gasteiger partial charge in [0.15, 0.2) is 5.82 Å². The smallest absolute Gasteiger partial charge is 0.163 e. The summed E-state index contributed by atoms with van der Waals surface area (Å²) in [7, 11) is -2.34. The minimum absolute atomic E-state index is 0.397. The highest BCUT2D eigenvalue weighted by Crippen LogP contribution is 2.60. The third kappa shape index (κ3) is 6.18. The van der Waals surface area contributed by atoms with Crippen LogP contribution in [0.4, 0.5) is 0 Å². The van der Waals surface area contributed by atoms with Gasteiger partial charge >= 0.3 is 0 Å². The molecule has 0 amide bonds. The molecule has 10 heteroatoms. The number of aromatic nitrogens is 4. The number of fused-ring (bicyclic) bond motifs is 3. The standard InChI is InChI=1S/C28H42BrClN4O2Si2/c1-28-15-19(28)12-21-24(16-28)34(18-36-9-11-38(5,6)7)32-25(21)27-31-26-22(30)13-20(29)14-23(26)33(27)17-35-8-10-37(2,3)4/h13-14,19H,8-12,15-18H2,1-7H3/t19-,28-/m1/s1. The number of rotatable bonds is 11. The third-order valence-electron chi connectivity index (χ3n) is 8.14. The highest BCUT2D eigenvalue weighted by molar-refractivity contribution is 9.10. The number of imidazole rings is 1. The quantitative estimate of drug-likeness (QED) is 0.158. The molecule has 0 N–H and O–H groups in total. The zero-order valence-corrected chi connectivity index (χ0v) is 28.3. The van der Waals surface area contributed by atoms with Crippen molar-refractivity contribution in [2.75, 3.05) is 13.2 Å². The molecule has 0 aliphatic heterocycles. The van der Waals surface area contributed by atoms with Gasteiger partial charge in [-0.05, 0) is 54.8 Å². The van der Waals surface area contributed by atoms with Crippen molar-refractivity contribution in [3.05, 3.63) is 32.9 Å². The number of ether oxygens (including phenoxy) is 2. The Kier molecular flexibility index (Phi) is 7.85. The van der Waals surface area contributed by atoms with E-state index in [0.29, 0.717) is 23.9 Å². The van der Waals surface area contributed by atoms with Gasteiger partial charge in [-0.2, -0.15) is 5.10 Å². The van der Waals surface area contributed by atoms with E-state index >= 15 is 0 Å². The summed E-state index contributed by atoms with van der Waals surface area (Å²) >= 11 is 10.3. The molecule has 38 heavy (non-hydrogen) atoms. The van der Waals surface area contributed by atoms with Crippen LogP contribution in [0.3, 0.4) is 0 Å². The molecule has 6 nitrogen and oxygen atoms in total. The fourth-order valence-electron chi connectivity index (χ4n) is 5.42. The number of nitrogens with zero attached hydrogens (tertiary/aromatic N) is 4. The van der Waals surface area contributed by atoms with Crippen LogP contribution in [0.5, 0.6) is 0 Å². The van der Waals surface area contributed by atoms with E-state index in [9.17, 15) is 0 Å². The minimum atomic E-state index is -1.19. The largest absolute Gasteiger partial charge is 0.361 e. The van der Waals surface area contributed by atoms with Crippen LogP contribution >= 0.6 is 27.5 Å². The van der Waals surface area contributed by atoms with Gasteiger partial charge in [0.25, 0.3) is 0 Å². The lowest BCUT2D eigenvalue weighted by Gasteiger charge is -2.20. The molecule has 1 aromatic carbocycles. The molecule has 1 saturated carbocycles. The summed E-state index contributed by atoms with van der Waals surface area (Å²) in [4.78, 5) is 5.08. The molecule has 1 fully saturated rings. The molecule has 2 aliphatic carbocycles. The van der Waals surface area contributed by atoms with E-state index in [0.717, 1.165) is 71.1 Å². The summed E-state index contributed by atoms with van der Waals surface area (Å²) in [5, 5.41) is 5.81. The van der Waals surface area contributed by atoms with Crippen LogP contribution < -0.4 is 0 Å². The van der Waals surface area contributed by atoms with Gasteiger partial charge in [0.2, 0.25) is 0 Å². The summed E-state index contributed by atoms with van der Waals surface area (Å²) in [6, 6.07) is 6.27. The van der Waals surface area contributed by atoms with Crippen molar-refractivity contribution in [1.82, 2.24) is 19.3 Å². The molecular weight excluding hydrogens is 596 g/mol. The summed E-state index contributed by atoms with van der Waals surface area (Å²) < 4.78 is 17.7. The van der Waals surface area contributed by atoms with E-state index in [-0.39, 0.29) is 0 Å². The van der Waals surface area contributed by atoms with Gasteiger partial charge < -0.3 is 9.47 Å². The van der Waals surface area contributed by atoms with Gasteiger partial charge in [-0.3, -0.25) is 4.57 Å². The molecule has 0 spiro atoms. The Bertz CT molecular complexity index is 1340. The van der Waals surface area contributed by atoms with Gasteiger partial charge in [-0.15, -0.1) is 0 Å². The average molecular weight is 638 g/mol. The maximum atomic E-state index is 6.69. The van der Waals surface area contributed by atoms with Crippen LogP contribution in [-0.4, -0.2) is 48.7 Å². The third-order valence-corrected chi connectivity index (χ3v) is 12.3. The fourth-order valence-corrected chi connectivity index (χ4v) is 7.77. The molecule has 3 aromatic rings. The number of halogens is 2. The van der Waals surface area contributed by atoms with Crippen LogP contribution in [-0.2, 0) is 35.8 Å². The summed E-state index contributed by atoms with van der Waals surface area (Å²) in [5.74, 6) is 1.57.